The van der Waals surface area contributed by atoms with Crippen LogP contribution in [-0.2, 0) is 14.3 Å². The molecule has 0 aliphatic carbocycles. The van der Waals surface area contributed by atoms with Gasteiger partial charge in [0.2, 0.25) is 0 Å². The van der Waals surface area contributed by atoms with E-state index >= 15 is 0 Å². The number of phenols is 1. The number of carbonyl (C=O) groups excluding carboxylic acids is 2. The molecule has 2 heterocycles. The van der Waals surface area contributed by atoms with Gasteiger partial charge in [-0.05, 0) is 37.5 Å². The van der Waals surface area contributed by atoms with Gasteiger partial charge in [0.05, 0.1) is 24.3 Å². The minimum Gasteiger partial charge on any atom is -0.507 e. The molecule has 2 fully saturated rings. The van der Waals surface area contributed by atoms with Crippen LogP contribution in [0.15, 0.2) is 54.1 Å². The van der Waals surface area contributed by atoms with E-state index in [1.165, 1.54) is 11.0 Å². The molecule has 2 N–H and O–H groups in total. The van der Waals surface area contributed by atoms with Crippen LogP contribution in [0.5, 0.6) is 11.5 Å². The summed E-state index contributed by atoms with van der Waals surface area (Å²) in [6, 6.07) is 12.6. The number of phenolic OH excluding ortho intramolecular Hbond substituents is 1. The highest BCUT2D eigenvalue weighted by Gasteiger charge is 2.47. The maximum atomic E-state index is 13.0. The van der Waals surface area contributed by atoms with E-state index in [9.17, 15) is 19.8 Å². The van der Waals surface area contributed by atoms with Crippen molar-refractivity contribution >= 4 is 17.4 Å². The Morgan fingerprint density at radius 1 is 1.19 bits per heavy atom. The van der Waals surface area contributed by atoms with Gasteiger partial charge in [0.15, 0.2) is 11.5 Å². The first-order valence-electron chi connectivity index (χ1n) is 10.4. The van der Waals surface area contributed by atoms with Crippen molar-refractivity contribution in [3.05, 3.63) is 65.2 Å². The third-order valence-electron chi connectivity index (χ3n) is 5.61. The standard InChI is InChI=1S/C24H25NO6/c1-2-30-19-13-16(10-11-18(19)26)21-20(22(27)15-7-4-3-5-8-15)23(28)24(29)25(21)14-17-9-6-12-31-17/h3-5,7-8,10-11,13,17,21,26-27H,2,6,9,12,14H2,1H3/b22-20+. The van der Waals surface area contributed by atoms with E-state index in [0.29, 0.717) is 24.3 Å². The van der Waals surface area contributed by atoms with Crippen LogP contribution < -0.4 is 4.74 Å². The minimum atomic E-state index is -0.816. The topological polar surface area (TPSA) is 96.3 Å². The highest BCUT2D eigenvalue weighted by atomic mass is 16.5. The van der Waals surface area contributed by atoms with Gasteiger partial charge in [-0.15, -0.1) is 0 Å². The highest BCUT2D eigenvalue weighted by Crippen LogP contribution is 2.42. The van der Waals surface area contributed by atoms with E-state index < -0.39 is 17.7 Å². The molecule has 2 aliphatic heterocycles. The molecule has 0 radical (unpaired) electrons. The van der Waals surface area contributed by atoms with Crippen molar-refractivity contribution in [1.82, 2.24) is 4.90 Å². The molecule has 0 saturated carbocycles. The first-order valence-corrected chi connectivity index (χ1v) is 10.4. The van der Waals surface area contributed by atoms with Crippen LogP contribution in [0.2, 0.25) is 0 Å². The first-order chi connectivity index (χ1) is 15.0. The number of benzene rings is 2. The predicted octanol–water partition coefficient (Wildman–Crippen LogP) is 3.39. The Hall–Kier alpha value is -3.32. The van der Waals surface area contributed by atoms with Crippen LogP contribution in [0, 0.1) is 0 Å². The maximum absolute atomic E-state index is 13.0. The van der Waals surface area contributed by atoms with Crippen molar-refractivity contribution in [2.75, 3.05) is 19.8 Å². The lowest BCUT2D eigenvalue weighted by Gasteiger charge is -2.27. The summed E-state index contributed by atoms with van der Waals surface area (Å²) in [5, 5.41) is 21.1. The fourth-order valence-electron chi connectivity index (χ4n) is 4.15. The molecule has 162 valence electrons. The SMILES string of the molecule is CCOc1cc(C2/C(=C(\O)c3ccccc3)C(=O)C(=O)N2CC2CCCO2)ccc1O. The summed E-state index contributed by atoms with van der Waals surface area (Å²) in [4.78, 5) is 27.5. The van der Waals surface area contributed by atoms with Crippen LogP contribution in [-0.4, -0.2) is 52.7 Å². The Morgan fingerprint density at radius 2 is 1.97 bits per heavy atom. The molecule has 2 saturated heterocycles. The molecule has 0 aromatic heterocycles. The van der Waals surface area contributed by atoms with Crippen molar-refractivity contribution in [1.29, 1.82) is 0 Å². The molecule has 4 rings (SSSR count). The van der Waals surface area contributed by atoms with E-state index in [4.69, 9.17) is 9.47 Å². The smallest absolute Gasteiger partial charge is 0.295 e. The van der Waals surface area contributed by atoms with Gasteiger partial charge >= 0.3 is 0 Å². The number of rotatable bonds is 6. The average Bonchev–Trinajstić information content (AvgIpc) is 3.38. The largest absolute Gasteiger partial charge is 0.507 e. The second kappa shape index (κ2) is 8.81. The van der Waals surface area contributed by atoms with Crippen molar-refractivity contribution in [2.45, 2.75) is 31.9 Å². The number of Topliss-reactive ketones (excluding diaryl/α,β-unsaturated/α-hetero) is 1. The number of ketones is 1. The third-order valence-corrected chi connectivity index (χ3v) is 5.61. The molecule has 7 heteroatoms. The zero-order valence-corrected chi connectivity index (χ0v) is 17.3. The molecule has 2 unspecified atom stereocenters. The van der Waals surface area contributed by atoms with Crippen LogP contribution in [0.3, 0.4) is 0 Å². The summed E-state index contributed by atoms with van der Waals surface area (Å²) in [5.41, 5.74) is 1.03. The number of aliphatic hydroxyl groups excluding tert-OH is 1. The number of hydrogen-bond acceptors (Lipinski definition) is 6. The van der Waals surface area contributed by atoms with Gasteiger partial charge in [0.1, 0.15) is 5.76 Å². The molecule has 0 bridgehead atoms. The molecule has 31 heavy (non-hydrogen) atoms. The molecule has 7 nitrogen and oxygen atoms in total. The summed E-state index contributed by atoms with van der Waals surface area (Å²) >= 11 is 0. The van der Waals surface area contributed by atoms with Crippen molar-refractivity contribution < 1.29 is 29.3 Å². The van der Waals surface area contributed by atoms with Gasteiger partial charge in [-0.2, -0.15) is 0 Å². The summed E-state index contributed by atoms with van der Waals surface area (Å²) in [6.45, 7) is 3.00. The van der Waals surface area contributed by atoms with Crippen molar-refractivity contribution in [2.24, 2.45) is 0 Å². The summed E-state index contributed by atoms with van der Waals surface area (Å²) in [6.07, 6.45) is 1.53. The van der Waals surface area contributed by atoms with Gasteiger partial charge in [-0.3, -0.25) is 9.59 Å². The number of aliphatic hydroxyl groups is 1. The predicted molar refractivity (Wildman–Crippen MR) is 114 cm³/mol. The van der Waals surface area contributed by atoms with Gasteiger partial charge in [-0.1, -0.05) is 36.4 Å². The number of ether oxygens (including phenoxy) is 2. The van der Waals surface area contributed by atoms with Gasteiger partial charge in [-0.25, -0.2) is 0 Å². The van der Waals surface area contributed by atoms with Crippen LogP contribution in [0.4, 0.5) is 0 Å². The fraction of sp³-hybridized carbons (Fsp3) is 0.333. The molecule has 2 atom stereocenters. The number of carbonyl (C=O) groups is 2. The summed E-state index contributed by atoms with van der Waals surface area (Å²) < 4.78 is 11.2. The zero-order chi connectivity index (χ0) is 22.0. The van der Waals surface area contributed by atoms with E-state index in [0.717, 1.165) is 12.8 Å². The van der Waals surface area contributed by atoms with Crippen molar-refractivity contribution in [3.8, 4) is 11.5 Å². The minimum absolute atomic E-state index is 0.0161. The Morgan fingerprint density at radius 3 is 2.65 bits per heavy atom. The van der Waals surface area contributed by atoms with Gasteiger partial charge in [0.25, 0.3) is 11.7 Å². The lowest BCUT2D eigenvalue weighted by atomic mass is 9.95. The van der Waals surface area contributed by atoms with E-state index in [2.05, 4.69) is 0 Å². The molecule has 2 aliphatic rings. The average molecular weight is 423 g/mol. The van der Waals surface area contributed by atoms with E-state index in [-0.39, 0.29) is 35.5 Å². The number of aromatic hydroxyl groups is 1. The van der Waals surface area contributed by atoms with Gasteiger partial charge in [0, 0.05) is 18.7 Å². The molecule has 1 amide bonds. The number of likely N-dealkylation sites (tertiary alicyclic amines) is 1. The normalized spacial score (nSPS) is 22.8. The molecule has 2 aromatic rings. The second-order valence-electron chi connectivity index (χ2n) is 7.61. The molecular formula is C24H25NO6. The lowest BCUT2D eigenvalue weighted by molar-refractivity contribution is -0.140. The lowest BCUT2D eigenvalue weighted by Crippen LogP contribution is -2.36. The van der Waals surface area contributed by atoms with E-state index in [1.54, 1.807) is 49.4 Å². The number of nitrogens with zero attached hydrogens (tertiary/aromatic N) is 1. The maximum Gasteiger partial charge on any atom is 0.295 e. The molecular weight excluding hydrogens is 398 g/mol. The second-order valence-corrected chi connectivity index (χ2v) is 7.61. The Kier molecular flexibility index (Phi) is 5.95. The summed E-state index contributed by atoms with van der Waals surface area (Å²) in [7, 11) is 0. The van der Waals surface area contributed by atoms with Crippen LogP contribution >= 0.6 is 0 Å². The number of amides is 1. The third kappa shape index (κ3) is 4.01. The monoisotopic (exact) mass is 423 g/mol. The fourth-order valence-corrected chi connectivity index (χ4v) is 4.15. The Balaban J connectivity index is 1.84. The van der Waals surface area contributed by atoms with Crippen molar-refractivity contribution in [3.63, 3.8) is 0 Å². The Labute approximate surface area is 180 Å². The Bertz CT molecular complexity index is 1010. The highest BCUT2D eigenvalue weighted by molar-refractivity contribution is 6.46. The summed E-state index contributed by atoms with van der Waals surface area (Å²) in [5.74, 6) is -1.43. The van der Waals surface area contributed by atoms with Crippen LogP contribution in [0.25, 0.3) is 5.76 Å². The molecule has 2 aromatic carbocycles. The first kappa shape index (κ1) is 20.9. The number of hydrogen-bond donors (Lipinski definition) is 2. The molecule has 0 spiro atoms. The quantitative estimate of drug-likeness (QED) is 0.420. The van der Waals surface area contributed by atoms with Crippen LogP contribution in [0.1, 0.15) is 36.9 Å². The zero-order valence-electron chi connectivity index (χ0n) is 17.3. The van der Waals surface area contributed by atoms with Gasteiger partial charge < -0.3 is 24.6 Å². The van der Waals surface area contributed by atoms with E-state index in [1.807, 2.05) is 0 Å².